The van der Waals surface area contributed by atoms with Crippen molar-refractivity contribution < 1.29 is 4.79 Å². The molecule has 1 aliphatic rings. The Morgan fingerprint density at radius 1 is 1.17 bits per heavy atom. The first-order valence-corrected chi connectivity index (χ1v) is 11.7. The summed E-state index contributed by atoms with van der Waals surface area (Å²) in [5.74, 6) is 0.255. The van der Waals surface area contributed by atoms with Crippen LogP contribution in [0.1, 0.15) is 80.5 Å². The van der Waals surface area contributed by atoms with Crippen molar-refractivity contribution in [2.75, 3.05) is 5.32 Å². The first-order valence-electron chi connectivity index (χ1n) is 11.4. The van der Waals surface area contributed by atoms with Gasteiger partial charge in [0.05, 0.1) is 10.7 Å². The van der Waals surface area contributed by atoms with Crippen molar-refractivity contribution in [2.24, 2.45) is 5.92 Å². The average Bonchev–Trinajstić information content (AvgIpc) is 2.75. The number of aromatic nitrogens is 1. The number of amides is 1. The van der Waals surface area contributed by atoms with Crippen molar-refractivity contribution in [3.63, 3.8) is 0 Å². The molecule has 0 unspecified atom stereocenters. The molecule has 3 rings (SSSR count). The minimum absolute atomic E-state index is 0.192. The molecule has 1 heterocycles. The van der Waals surface area contributed by atoms with E-state index in [2.05, 4.69) is 23.7 Å². The molecule has 1 N–H and O–H groups in total. The smallest absolute Gasteiger partial charge is 0.261 e. The van der Waals surface area contributed by atoms with Gasteiger partial charge in [-0.3, -0.25) is 9.59 Å². The largest absolute Gasteiger partial charge is 0.347 e. The molecule has 0 atom stereocenters. The minimum atomic E-state index is -0.362. The molecule has 0 bridgehead atoms. The van der Waals surface area contributed by atoms with Gasteiger partial charge in [0, 0.05) is 24.0 Å². The summed E-state index contributed by atoms with van der Waals surface area (Å²) in [5, 5.41) is 3.33. The highest BCUT2D eigenvalue weighted by Crippen LogP contribution is 2.27. The molecule has 2 aromatic rings. The first-order chi connectivity index (χ1) is 14.5. The van der Waals surface area contributed by atoms with Crippen molar-refractivity contribution in [1.82, 2.24) is 4.57 Å². The van der Waals surface area contributed by atoms with Gasteiger partial charge in [-0.2, -0.15) is 0 Å². The zero-order valence-electron chi connectivity index (χ0n) is 18.2. The molecule has 30 heavy (non-hydrogen) atoms. The molecule has 1 aromatic heterocycles. The number of hydrogen-bond acceptors (Lipinski definition) is 2. The van der Waals surface area contributed by atoms with Crippen LogP contribution in [0.4, 0.5) is 5.69 Å². The molecule has 1 aliphatic carbocycles. The molecule has 1 amide bonds. The standard InChI is InChI=1S/C25H33ClN2O2/c1-3-5-15-22-24(25(30)27-21-14-10-9-13-20(21)26)23(29)16-19(4-2)28(22)17-18-11-7-6-8-12-18/h9-10,13-14,16,18H,3-8,11-12,15,17H2,1-2H3,(H,27,30). The number of nitrogens with one attached hydrogen (secondary N) is 1. The van der Waals surface area contributed by atoms with Crippen LogP contribution in [0.25, 0.3) is 0 Å². The highest BCUT2D eigenvalue weighted by atomic mass is 35.5. The highest BCUT2D eigenvalue weighted by molar-refractivity contribution is 6.33. The summed E-state index contributed by atoms with van der Waals surface area (Å²) in [6.45, 7) is 5.12. The lowest BCUT2D eigenvalue weighted by atomic mass is 9.88. The molecular weight excluding hydrogens is 396 g/mol. The van der Waals surface area contributed by atoms with E-state index in [-0.39, 0.29) is 16.9 Å². The first kappa shape index (κ1) is 22.6. The predicted octanol–water partition coefficient (Wildman–Crippen LogP) is 6.24. The van der Waals surface area contributed by atoms with E-state index < -0.39 is 0 Å². The van der Waals surface area contributed by atoms with Crippen LogP contribution in [0.3, 0.4) is 0 Å². The van der Waals surface area contributed by atoms with Crippen LogP contribution < -0.4 is 10.7 Å². The van der Waals surface area contributed by atoms with Crippen molar-refractivity contribution in [3.05, 3.63) is 62.5 Å². The fraction of sp³-hybridized carbons (Fsp3) is 0.520. The number of nitrogens with zero attached hydrogens (tertiary/aromatic N) is 1. The van der Waals surface area contributed by atoms with Crippen molar-refractivity contribution >= 4 is 23.2 Å². The molecule has 4 nitrogen and oxygen atoms in total. The summed E-state index contributed by atoms with van der Waals surface area (Å²) in [5.41, 5.74) is 2.53. The minimum Gasteiger partial charge on any atom is -0.347 e. The summed E-state index contributed by atoms with van der Waals surface area (Å²) >= 11 is 6.23. The number of pyridine rings is 1. The third-order valence-corrected chi connectivity index (χ3v) is 6.48. The molecule has 0 spiro atoms. The van der Waals surface area contributed by atoms with Gasteiger partial charge in [0.2, 0.25) is 0 Å². The Bertz CT molecular complexity index is 929. The molecule has 0 radical (unpaired) electrons. The summed E-state index contributed by atoms with van der Waals surface area (Å²) in [6, 6.07) is 8.79. The number of anilines is 1. The van der Waals surface area contributed by atoms with E-state index >= 15 is 0 Å². The fourth-order valence-corrected chi connectivity index (χ4v) is 4.68. The number of carbonyl (C=O) groups is 1. The number of rotatable bonds is 8. The lowest BCUT2D eigenvalue weighted by molar-refractivity contribution is 0.102. The lowest BCUT2D eigenvalue weighted by Gasteiger charge is -2.27. The van der Waals surface area contributed by atoms with Crippen LogP contribution in [0.5, 0.6) is 0 Å². The van der Waals surface area contributed by atoms with Gasteiger partial charge in [-0.15, -0.1) is 0 Å². The maximum atomic E-state index is 13.2. The van der Waals surface area contributed by atoms with Gasteiger partial charge in [-0.25, -0.2) is 0 Å². The average molecular weight is 429 g/mol. The molecule has 1 fully saturated rings. The van der Waals surface area contributed by atoms with E-state index in [0.29, 0.717) is 16.6 Å². The van der Waals surface area contributed by atoms with Crippen molar-refractivity contribution in [1.29, 1.82) is 0 Å². The second kappa shape index (κ2) is 10.8. The molecule has 0 aliphatic heterocycles. The zero-order chi connectivity index (χ0) is 21.5. The summed E-state index contributed by atoms with van der Waals surface area (Å²) in [4.78, 5) is 26.3. The normalized spacial score (nSPS) is 14.6. The van der Waals surface area contributed by atoms with Gasteiger partial charge in [0.1, 0.15) is 5.56 Å². The third-order valence-electron chi connectivity index (χ3n) is 6.15. The molecule has 1 saturated carbocycles. The van der Waals surface area contributed by atoms with Crippen LogP contribution in [0.2, 0.25) is 5.02 Å². The van der Waals surface area contributed by atoms with Crippen LogP contribution in [0.15, 0.2) is 35.1 Å². The van der Waals surface area contributed by atoms with Gasteiger partial charge < -0.3 is 9.88 Å². The highest BCUT2D eigenvalue weighted by Gasteiger charge is 2.23. The Morgan fingerprint density at radius 3 is 2.57 bits per heavy atom. The number of aryl methyl sites for hydroxylation is 1. The maximum Gasteiger partial charge on any atom is 0.261 e. The predicted molar refractivity (Wildman–Crippen MR) is 125 cm³/mol. The Labute approximate surface area is 184 Å². The van der Waals surface area contributed by atoms with E-state index in [4.69, 9.17) is 11.6 Å². The van der Waals surface area contributed by atoms with Gasteiger partial charge in [-0.1, -0.05) is 63.3 Å². The molecule has 162 valence electrons. The number of halogens is 1. The lowest BCUT2D eigenvalue weighted by Crippen LogP contribution is -2.30. The van der Waals surface area contributed by atoms with Gasteiger partial charge in [0.25, 0.3) is 5.91 Å². The van der Waals surface area contributed by atoms with Crippen LogP contribution >= 0.6 is 11.6 Å². The van der Waals surface area contributed by atoms with Crippen LogP contribution in [0, 0.1) is 5.92 Å². The quantitative estimate of drug-likeness (QED) is 0.541. The van der Waals surface area contributed by atoms with Crippen LogP contribution in [-0.2, 0) is 19.4 Å². The van der Waals surface area contributed by atoms with E-state index in [1.807, 2.05) is 12.1 Å². The summed E-state index contributed by atoms with van der Waals surface area (Å²) < 4.78 is 2.29. The number of benzene rings is 1. The molecule has 0 saturated heterocycles. The molecule has 1 aromatic carbocycles. The number of carbonyl (C=O) groups excluding carboxylic acids is 1. The van der Waals surface area contributed by atoms with Crippen molar-refractivity contribution in [2.45, 2.75) is 78.2 Å². The Balaban J connectivity index is 2.03. The topological polar surface area (TPSA) is 51.1 Å². The van der Waals surface area contributed by atoms with E-state index in [1.165, 1.54) is 32.1 Å². The number of hydrogen-bond donors (Lipinski definition) is 1. The number of unbranched alkanes of at least 4 members (excludes halogenated alkanes) is 1. The summed E-state index contributed by atoms with van der Waals surface area (Å²) in [6.07, 6.45) is 9.80. The maximum absolute atomic E-state index is 13.2. The zero-order valence-corrected chi connectivity index (χ0v) is 18.9. The fourth-order valence-electron chi connectivity index (χ4n) is 4.49. The van der Waals surface area contributed by atoms with Gasteiger partial charge >= 0.3 is 0 Å². The Hall–Kier alpha value is -2.07. The second-order valence-corrected chi connectivity index (χ2v) is 8.73. The van der Waals surface area contributed by atoms with Crippen molar-refractivity contribution in [3.8, 4) is 0 Å². The number of para-hydroxylation sites is 1. The van der Waals surface area contributed by atoms with Gasteiger partial charge in [0.15, 0.2) is 5.43 Å². The Morgan fingerprint density at radius 2 is 1.90 bits per heavy atom. The molecular formula is C25H33ClN2O2. The monoisotopic (exact) mass is 428 g/mol. The van der Waals surface area contributed by atoms with Crippen LogP contribution in [-0.4, -0.2) is 10.5 Å². The summed E-state index contributed by atoms with van der Waals surface area (Å²) in [7, 11) is 0. The van der Waals surface area contributed by atoms with E-state index in [1.54, 1.807) is 18.2 Å². The SMILES string of the molecule is CCCCc1c(C(=O)Nc2ccccc2Cl)c(=O)cc(CC)n1CC1CCCCC1. The van der Waals surface area contributed by atoms with Gasteiger partial charge in [-0.05, 0) is 50.2 Å². The van der Waals surface area contributed by atoms with E-state index in [9.17, 15) is 9.59 Å². The van der Waals surface area contributed by atoms with E-state index in [0.717, 1.165) is 43.6 Å². The molecule has 5 heteroatoms. The second-order valence-electron chi connectivity index (χ2n) is 8.33. The third kappa shape index (κ3) is 5.34. The Kier molecular flexibility index (Phi) is 8.15.